The first-order valence-electron chi connectivity index (χ1n) is 9.22. The third-order valence-corrected chi connectivity index (χ3v) is 5.07. The Balaban J connectivity index is 1.64. The van der Waals surface area contributed by atoms with Crippen LogP contribution in [0.15, 0.2) is 58.5 Å². The predicted molar refractivity (Wildman–Crippen MR) is 107 cm³/mol. The molecule has 0 aliphatic rings. The molecule has 0 spiro atoms. The first kappa shape index (κ1) is 23.4. The van der Waals surface area contributed by atoms with Crippen LogP contribution in [0.2, 0.25) is 0 Å². The Bertz CT molecular complexity index is 1140. The molecule has 0 N–H and O–H groups in total. The Hall–Kier alpha value is -3.28. The summed E-state index contributed by atoms with van der Waals surface area (Å²) >= 11 is 1.11. The van der Waals surface area contributed by atoms with Gasteiger partial charge in [0, 0.05) is 4.90 Å². The molecule has 1 aromatic heterocycles. The van der Waals surface area contributed by atoms with E-state index in [0.717, 1.165) is 33.1 Å². The zero-order chi connectivity index (χ0) is 23.3. The van der Waals surface area contributed by atoms with E-state index in [9.17, 15) is 27.2 Å². The van der Waals surface area contributed by atoms with Gasteiger partial charge in [-0.3, -0.25) is 0 Å². The highest BCUT2D eigenvalue weighted by molar-refractivity contribution is 7.98. The molecule has 0 aliphatic heterocycles. The normalized spacial score (nSPS) is 11.4. The maximum absolute atomic E-state index is 14.2. The number of nitrogens with zero attached hydrogens (tertiary/aromatic N) is 3. The lowest BCUT2D eigenvalue weighted by Crippen LogP contribution is -2.23. The van der Waals surface area contributed by atoms with Crippen LogP contribution in [0.1, 0.15) is 12.5 Å². The molecule has 3 aromatic rings. The van der Waals surface area contributed by atoms with Crippen molar-refractivity contribution in [3.05, 3.63) is 70.7 Å². The molecule has 0 saturated heterocycles. The molecule has 0 amide bonds. The van der Waals surface area contributed by atoms with Crippen LogP contribution in [0.25, 0.3) is 5.69 Å². The van der Waals surface area contributed by atoms with Gasteiger partial charge in [0.1, 0.15) is 6.33 Å². The number of halogens is 4. The van der Waals surface area contributed by atoms with Gasteiger partial charge in [-0.15, -0.1) is 11.8 Å². The zero-order valence-corrected chi connectivity index (χ0v) is 17.5. The van der Waals surface area contributed by atoms with Crippen molar-refractivity contribution in [3.8, 4) is 11.4 Å². The second-order valence-corrected chi connectivity index (χ2v) is 7.31. The largest absolute Gasteiger partial charge is 0.479 e. The van der Waals surface area contributed by atoms with Crippen molar-refractivity contribution in [1.82, 2.24) is 14.3 Å². The Morgan fingerprint density at radius 3 is 2.50 bits per heavy atom. The Morgan fingerprint density at radius 2 is 1.88 bits per heavy atom. The molecule has 1 heterocycles. The summed E-state index contributed by atoms with van der Waals surface area (Å²) in [4.78, 5) is 24.2. The van der Waals surface area contributed by atoms with Gasteiger partial charge in [-0.2, -0.15) is 18.3 Å². The van der Waals surface area contributed by atoms with Gasteiger partial charge in [-0.25, -0.2) is 23.2 Å². The van der Waals surface area contributed by atoms with Crippen molar-refractivity contribution in [2.75, 3.05) is 13.2 Å². The highest BCUT2D eigenvalue weighted by atomic mass is 32.2. The molecule has 0 radical (unpaired) electrons. The molecule has 0 aliphatic carbocycles. The van der Waals surface area contributed by atoms with Gasteiger partial charge in [-0.1, -0.05) is 0 Å². The van der Waals surface area contributed by atoms with Crippen molar-refractivity contribution in [1.29, 1.82) is 0 Å². The molecule has 0 fully saturated rings. The Kier molecular flexibility index (Phi) is 7.23. The first-order valence-corrected chi connectivity index (χ1v) is 10.2. The van der Waals surface area contributed by atoms with E-state index >= 15 is 0 Å². The van der Waals surface area contributed by atoms with Gasteiger partial charge in [-0.05, 0) is 49.4 Å². The standard InChI is InChI=1S/C20H17F4N3O4S/c1-2-30-18(28)10-31-17-8-7-15(9-16(17)21)32-12-27-19(29)26(11-25-27)14-5-3-13(4-6-14)20(22,23)24/h3-9,11H,2,10,12H2,1H3. The lowest BCUT2D eigenvalue weighted by Gasteiger charge is -2.08. The maximum atomic E-state index is 14.2. The van der Waals surface area contributed by atoms with E-state index in [1.54, 1.807) is 13.0 Å². The summed E-state index contributed by atoms with van der Waals surface area (Å²) in [6.07, 6.45) is -3.28. The summed E-state index contributed by atoms with van der Waals surface area (Å²) in [5.74, 6) is -1.39. The summed E-state index contributed by atoms with van der Waals surface area (Å²) in [5.41, 5.74) is -1.16. The number of hydrogen-bond donors (Lipinski definition) is 0. The van der Waals surface area contributed by atoms with Gasteiger partial charge in [0.05, 0.1) is 23.7 Å². The van der Waals surface area contributed by atoms with E-state index < -0.39 is 35.8 Å². The van der Waals surface area contributed by atoms with E-state index in [-0.39, 0.29) is 23.9 Å². The molecular weight excluding hydrogens is 454 g/mol. The van der Waals surface area contributed by atoms with Crippen LogP contribution in [0.5, 0.6) is 5.75 Å². The lowest BCUT2D eigenvalue weighted by molar-refractivity contribution is -0.145. The lowest BCUT2D eigenvalue weighted by atomic mass is 10.2. The molecular formula is C20H17F4N3O4S. The van der Waals surface area contributed by atoms with Gasteiger partial charge >= 0.3 is 17.8 Å². The highest BCUT2D eigenvalue weighted by Crippen LogP contribution is 2.29. The summed E-state index contributed by atoms with van der Waals surface area (Å²) in [6, 6.07) is 8.18. The minimum absolute atomic E-state index is 0.0366. The van der Waals surface area contributed by atoms with Crippen molar-refractivity contribution in [2.45, 2.75) is 23.9 Å². The van der Waals surface area contributed by atoms with Crippen molar-refractivity contribution in [3.63, 3.8) is 0 Å². The number of ether oxygens (including phenoxy) is 2. The van der Waals surface area contributed by atoms with Crippen LogP contribution in [0, 0.1) is 5.82 Å². The molecule has 0 unspecified atom stereocenters. The number of aromatic nitrogens is 3. The van der Waals surface area contributed by atoms with Crippen molar-refractivity contribution < 1.29 is 31.8 Å². The average molecular weight is 471 g/mol. The molecule has 170 valence electrons. The first-order chi connectivity index (χ1) is 15.2. The van der Waals surface area contributed by atoms with Crippen LogP contribution in [-0.2, 0) is 21.6 Å². The van der Waals surface area contributed by atoms with Crippen LogP contribution in [0.3, 0.4) is 0 Å². The molecule has 32 heavy (non-hydrogen) atoms. The molecule has 12 heteroatoms. The summed E-state index contributed by atoms with van der Waals surface area (Å²) in [6.45, 7) is 1.41. The zero-order valence-electron chi connectivity index (χ0n) is 16.6. The van der Waals surface area contributed by atoms with Gasteiger partial charge < -0.3 is 9.47 Å². The van der Waals surface area contributed by atoms with Crippen LogP contribution in [-0.4, -0.2) is 33.5 Å². The van der Waals surface area contributed by atoms with Crippen LogP contribution in [0.4, 0.5) is 17.6 Å². The fourth-order valence-corrected chi connectivity index (χ4v) is 3.38. The number of alkyl halides is 3. The molecule has 0 bridgehead atoms. The van der Waals surface area contributed by atoms with Crippen LogP contribution >= 0.6 is 11.8 Å². The van der Waals surface area contributed by atoms with E-state index in [1.807, 2.05) is 0 Å². The predicted octanol–water partition coefficient (Wildman–Crippen LogP) is 3.88. The summed E-state index contributed by atoms with van der Waals surface area (Å²) in [5, 5.41) is 3.94. The molecule has 0 atom stereocenters. The number of rotatable bonds is 8. The van der Waals surface area contributed by atoms with E-state index in [1.165, 1.54) is 30.6 Å². The highest BCUT2D eigenvalue weighted by Gasteiger charge is 2.30. The SMILES string of the molecule is CCOC(=O)COc1ccc(SCn2ncn(-c3ccc(C(F)(F)F)cc3)c2=O)cc1F. The second kappa shape index (κ2) is 9.90. The van der Waals surface area contributed by atoms with Gasteiger partial charge in [0.2, 0.25) is 0 Å². The number of carbonyl (C=O) groups is 1. The second-order valence-electron chi connectivity index (χ2n) is 6.29. The van der Waals surface area contributed by atoms with Crippen molar-refractivity contribution >= 4 is 17.7 Å². The maximum Gasteiger partial charge on any atom is 0.416 e. The van der Waals surface area contributed by atoms with E-state index in [4.69, 9.17) is 9.47 Å². The minimum Gasteiger partial charge on any atom is -0.479 e. The van der Waals surface area contributed by atoms with E-state index in [0.29, 0.717) is 4.90 Å². The Morgan fingerprint density at radius 1 is 1.16 bits per heavy atom. The monoisotopic (exact) mass is 471 g/mol. The number of hydrogen-bond acceptors (Lipinski definition) is 6. The third-order valence-electron chi connectivity index (χ3n) is 4.11. The molecule has 7 nitrogen and oxygen atoms in total. The number of benzene rings is 2. The molecule has 3 rings (SSSR count). The summed E-state index contributed by atoms with van der Waals surface area (Å²) in [7, 11) is 0. The molecule has 2 aromatic carbocycles. The van der Waals surface area contributed by atoms with Crippen LogP contribution < -0.4 is 10.4 Å². The number of carbonyl (C=O) groups excluding carboxylic acids is 1. The quantitative estimate of drug-likeness (QED) is 0.282. The average Bonchev–Trinajstić information content (AvgIpc) is 3.11. The Labute approximate surface area is 183 Å². The minimum atomic E-state index is -4.47. The van der Waals surface area contributed by atoms with Gasteiger partial charge in [0.25, 0.3) is 0 Å². The van der Waals surface area contributed by atoms with E-state index in [2.05, 4.69) is 5.10 Å². The van der Waals surface area contributed by atoms with Gasteiger partial charge in [0.15, 0.2) is 18.2 Å². The molecule has 0 saturated carbocycles. The van der Waals surface area contributed by atoms with Crippen molar-refractivity contribution in [2.24, 2.45) is 0 Å². The smallest absolute Gasteiger partial charge is 0.416 e. The third kappa shape index (κ3) is 5.69. The summed E-state index contributed by atoms with van der Waals surface area (Å²) < 4.78 is 64.2. The number of thioether (sulfide) groups is 1. The fraction of sp³-hybridized carbons (Fsp3) is 0.250. The number of esters is 1. The fourth-order valence-electron chi connectivity index (χ4n) is 2.58. The topological polar surface area (TPSA) is 75.3 Å².